The molecule has 1 aromatic carbocycles. The number of rotatable bonds is 3. The lowest BCUT2D eigenvalue weighted by Crippen LogP contribution is -2.23. The highest BCUT2D eigenvalue weighted by molar-refractivity contribution is 6.30. The van der Waals surface area contributed by atoms with Crippen LogP contribution in [0.4, 0.5) is 4.39 Å². The summed E-state index contributed by atoms with van der Waals surface area (Å²) < 4.78 is 15.0. The lowest BCUT2D eigenvalue weighted by molar-refractivity contribution is 0.626. The molecular weight excluding hydrogens is 305 g/mol. The van der Waals surface area contributed by atoms with E-state index in [1.54, 1.807) is 18.3 Å². The zero-order valence-corrected chi connectivity index (χ0v) is 13.0. The van der Waals surface area contributed by atoms with E-state index < -0.39 is 5.82 Å². The van der Waals surface area contributed by atoms with E-state index in [0.29, 0.717) is 23.2 Å². The monoisotopic (exact) mass is 319 g/mol. The fourth-order valence-corrected chi connectivity index (χ4v) is 2.63. The quantitative estimate of drug-likeness (QED) is 0.803. The maximum Gasteiger partial charge on any atom is 0.276 e. The molecule has 6 heteroatoms. The van der Waals surface area contributed by atoms with Crippen LogP contribution in [-0.4, -0.2) is 14.6 Å². The van der Waals surface area contributed by atoms with Gasteiger partial charge in [0.25, 0.3) is 5.56 Å². The molecular formula is C16H15ClFN3O. The molecule has 0 saturated carbocycles. The minimum absolute atomic E-state index is 0.0718. The van der Waals surface area contributed by atoms with E-state index >= 15 is 0 Å². The number of hydrogen-bond donors (Lipinski definition) is 1. The number of aromatic amines is 1. The molecule has 3 rings (SSSR count). The van der Waals surface area contributed by atoms with E-state index in [2.05, 4.69) is 10.1 Å². The van der Waals surface area contributed by atoms with Crippen LogP contribution in [0.5, 0.6) is 0 Å². The van der Waals surface area contributed by atoms with Gasteiger partial charge in [-0.05, 0) is 23.6 Å². The molecule has 0 bridgehead atoms. The average molecular weight is 320 g/mol. The SMILES string of the molecule is CC(C)c1nc2cc[nH]n2c(=O)c1Cc1ccc(Cl)c(F)c1. The Balaban J connectivity index is 2.15. The molecule has 0 aliphatic rings. The molecule has 3 aromatic rings. The van der Waals surface area contributed by atoms with Crippen molar-refractivity contribution < 1.29 is 4.39 Å². The molecule has 0 amide bonds. The number of halogens is 2. The van der Waals surface area contributed by atoms with E-state index in [1.807, 2.05) is 13.8 Å². The first-order valence-electron chi connectivity index (χ1n) is 7.00. The second-order valence-electron chi connectivity index (χ2n) is 5.52. The first-order valence-corrected chi connectivity index (χ1v) is 7.38. The standard InChI is InChI=1S/C16H15ClFN3O/c1-9(2)15-11(7-10-3-4-12(17)13(18)8-10)16(22)21-14(20-15)5-6-19-21/h3-6,8-9,19H,7H2,1-2H3. The predicted octanol–water partition coefficient (Wildman–Crippen LogP) is 3.53. The maximum atomic E-state index is 13.6. The number of nitrogens with zero attached hydrogens (tertiary/aromatic N) is 2. The summed E-state index contributed by atoms with van der Waals surface area (Å²) in [5.74, 6) is -0.390. The molecule has 2 aromatic heterocycles. The highest BCUT2D eigenvalue weighted by Crippen LogP contribution is 2.21. The van der Waals surface area contributed by atoms with Gasteiger partial charge in [-0.3, -0.25) is 9.89 Å². The molecule has 0 unspecified atom stereocenters. The summed E-state index contributed by atoms with van der Waals surface area (Å²) in [5, 5.41) is 2.92. The van der Waals surface area contributed by atoms with Crippen molar-refractivity contribution in [1.82, 2.24) is 14.6 Å². The van der Waals surface area contributed by atoms with Crippen LogP contribution < -0.4 is 5.56 Å². The Bertz CT molecular complexity index is 898. The zero-order chi connectivity index (χ0) is 15.9. The Morgan fingerprint density at radius 1 is 1.36 bits per heavy atom. The number of H-pyrrole nitrogens is 1. The summed E-state index contributed by atoms with van der Waals surface area (Å²) in [6.45, 7) is 3.97. The zero-order valence-electron chi connectivity index (χ0n) is 12.2. The molecule has 0 fully saturated rings. The van der Waals surface area contributed by atoms with Crippen LogP contribution in [0.15, 0.2) is 35.3 Å². The normalized spacial score (nSPS) is 11.5. The Hall–Kier alpha value is -2.14. The second-order valence-corrected chi connectivity index (χ2v) is 5.92. The summed E-state index contributed by atoms with van der Waals surface area (Å²) in [4.78, 5) is 17.2. The summed E-state index contributed by atoms with van der Waals surface area (Å²) in [7, 11) is 0. The van der Waals surface area contributed by atoms with E-state index in [4.69, 9.17) is 11.6 Å². The van der Waals surface area contributed by atoms with Gasteiger partial charge in [0.05, 0.1) is 10.7 Å². The summed E-state index contributed by atoms with van der Waals surface area (Å²) in [6.07, 6.45) is 1.98. The van der Waals surface area contributed by atoms with Crippen LogP contribution in [0.1, 0.15) is 36.6 Å². The molecule has 0 atom stereocenters. The molecule has 22 heavy (non-hydrogen) atoms. The molecule has 0 saturated heterocycles. The van der Waals surface area contributed by atoms with Crippen molar-refractivity contribution in [3.8, 4) is 0 Å². The number of nitrogens with one attached hydrogen (secondary N) is 1. The van der Waals surface area contributed by atoms with Gasteiger partial charge in [-0.25, -0.2) is 13.9 Å². The summed E-state index contributed by atoms with van der Waals surface area (Å²) >= 11 is 5.70. The van der Waals surface area contributed by atoms with Crippen LogP contribution in [0.25, 0.3) is 5.65 Å². The molecule has 0 spiro atoms. The molecule has 1 N–H and O–H groups in total. The molecule has 0 radical (unpaired) electrons. The van der Waals surface area contributed by atoms with Gasteiger partial charge in [-0.1, -0.05) is 31.5 Å². The Labute approximate surface area is 131 Å². The first kappa shape index (κ1) is 14.8. The van der Waals surface area contributed by atoms with Crippen LogP contribution in [-0.2, 0) is 6.42 Å². The third kappa shape index (κ3) is 2.52. The van der Waals surface area contributed by atoms with Gasteiger partial charge in [0, 0.05) is 24.2 Å². The largest absolute Gasteiger partial charge is 0.297 e. The third-order valence-electron chi connectivity index (χ3n) is 3.58. The average Bonchev–Trinajstić information content (AvgIpc) is 2.94. The van der Waals surface area contributed by atoms with Crippen molar-refractivity contribution in [2.75, 3.05) is 0 Å². The third-order valence-corrected chi connectivity index (χ3v) is 3.89. The molecule has 0 aliphatic heterocycles. The topological polar surface area (TPSA) is 50.2 Å². The van der Waals surface area contributed by atoms with Crippen molar-refractivity contribution in [3.63, 3.8) is 0 Å². The van der Waals surface area contributed by atoms with Crippen molar-refractivity contribution in [2.24, 2.45) is 0 Å². The van der Waals surface area contributed by atoms with Crippen molar-refractivity contribution in [3.05, 3.63) is 68.5 Å². The van der Waals surface area contributed by atoms with Crippen molar-refractivity contribution >= 4 is 17.2 Å². The lowest BCUT2D eigenvalue weighted by Gasteiger charge is -2.12. The summed E-state index contributed by atoms with van der Waals surface area (Å²) in [5.41, 5.74) is 2.42. The van der Waals surface area contributed by atoms with Crippen LogP contribution >= 0.6 is 11.6 Å². The predicted molar refractivity (Wildman–Crippen MR) is 84.1 cm³/mol. The fraction of sp³-hybridized carbons (Fsp3) is 0.250. The first-order chi connectivity index (χ1) is 10.5. The van der Waals surface area contributed by atoms with Crippen LogP contribution in [0, 0.1) is 5.82 Å². The number of fused-ring (bicyclic) bond motifs is 1. The fourth-order valence-electron chi connectivity index (χ4n) is 2.51. The van der Waals surface area contributed by atoms with Crippen LogP contribution in [0.2, 0.25) is 5.02 Å². The highest BCUT2D eigenvalue weighted by atomic mass is 35.5. The van der Waals surface area contributed by atoms with E-state index in [9.17, 15) is 9.18 Å². The Kier molecular flexibility index (Phi) is 3.74. The molecule has 4 nitrogen and oxygen atoms in total. The minimum atomic E-state index is -0.487. The molecule has 2 heterocycles. The minimum Gasteiger partial charge on any atom is -0.297 e. The lowest BCUT2D eigenvalue weighted by atomic mass is 9.99. The molecule has 0 aliphatic carbocycles. The second kappa shape index (κ2) is 5.57. The highest BCUT2D eigenvalue weighted by Gasteiger charge is 2.17. The van der Waals surface area contributed by atoms with Gasteiger partial charge in [0.1, 0.15) is 5.82 Å². The smallest absolute Gasteiger partial charge is 0.276 e. The summed E-state index contributed by atoms with van der Waals surface area (Å²) in [6, 6.07) is 6.33. The van der Waals surface area contributed by atoms with Gasteiger partial charge in [0.15, 0.2) is 5.65 Å². The van der Waals surface area contributed by atoms with Gasteiger partial charge < -0.3 is 0 Å². The Morgan fingerprint density at radius 3 is 2.82 bits per heavy atom. The van der Waals surface area contributed by atoms with Crippen molar-refractivity contribution in [2.45, 2.75) is 26.2 Å². The number of aromatic nitrogens is 3. The van der Waals surface area contributed by atoms with E-state index in [0.717, 1.165) is 5.69 Å². The van der Waals surface area contributed by atoms with Crippen molar-refractivity contribution in [1.29, 1.82) is 0 Å². The van der Waals surface area contributed by atoms with Crippen LogP contribution in [0.3, 0.4) is 0 Å². The number of hydrogen-bond acceptors (Lipinski definition) is 2. The van der Waals surface area contributed by atoms with E-state index in [-0.39, 0.29) is 16.5 Å². The van der Waals surface area contributed by atoms with E-state index in [1.165, 1.54) is 16.6 Å². The number of benzene rings is 1. The molecule has 114 valence electrons. The Morgan fingerprint density at radius 2 is 2.14 bits per heavy atom. The van der Waals surface area contributed by atoms with Gasteiger partial charge in [-0.15, -0.1) is 0 Å². The van der Waals surface area contributed by atoms with Gasteiger partial charge >= 0.3 is 0 Å². The van der Waals surface area contributed by atoms with Gasteiger partial charge in [0.2, 0.25) is 0 Å². The van der Waals surface area contributed by atoms with Gasteiger partial charge in [-0.2, -0.15) is 0 Å². The maximum absolute atomic E-state index is 13.6.